The molecule has 0 aromatic carbocycles. The Morgan fingerprint density at radius 3 is 2.19 bits per heavy atom. The Morgan fingerprint density at radius 2 is 1.88 bits per heavy atom. The smallest absolute Gasteiger partial charge is 0.223 e. The van der Waals surface area contributed by atoms with Gasteiger partial charge in [0.15, 0.2) is 0 Å². The SMILES string of the molecule is CCCC(CCC)C(=O)NC1(CN)CCC1. The number of hydrogen-bond acceptors (Lipinski definition) is 2. The lowest BCUT2D eigenvalue weighted by Crippen LogP contribution is -2.59. The van der Waals surface area contributed by atoms with Crippen LogP contribution in [0.4, 0.5) is 0 Å². The largest absolute Gasteiger partial charge is 0.349 e. The average Bonchev–Trinajstić information content (AvgIpc) is 2.23. The second-order valence-corrected chi connectivity index (χ2v) is 5.10. The minimum Gasteiger partial charge on any atom is -0.349 e. The summed E-state index contributed by atoms with van der Waals surface area (Å²) in [6.07, 6.45) is 7.46. The van der Waals surface area contributed by atoms with Crippen molar-refractivity contribution in [2.24, 2.45) is 11.7 Å². The highest BCUT2D eigenvalue weighted by atomic mass is 16.2. The lowest BCUT2D eigenvalue weighted by molar-refractivity contribution is -0.128. The van der Waals surface area contributed by atoms with Crippen LogP contribution in [0.25, 0.3) is 0 Å². The Bertz CT molecular complexity index is 212. The van der Waals surface area contributed by atoms with Gasteiger partial charge < -0.3 is 11.1 Å². The van der Waals surface area contributed by atoms with E-state index in [2.05, 4.69) is 19.2 Å². The van der Waals surface area contributed by atoms with Crippen molar-refractivity contribution in [3.05, 3.63) is 0 Å². The number of carbonyl (C=O) groups is 1. The maximum atomic E-state index is 12.1. The first-order valence-electron chi connectivity index (χ1n) is 6.69. The lowest BCUT2D eigenvalue weighted by Gasteiger charge is -2.42. The molecule has 1 saturated carbocycles. The monoisotopic (exact) mass is 226 g/mol. The number of carbonyl (C=O) groups excluding carboxylic acids is 1. The van der Waals surface area contributed by atoms with Crippen molar-refractivity contribution in [1.29, 1.82) is 0 Å². The molecule has 3 heteroatoms. The zero-order chi connectivity index (χ0) is 12.0. The van der Waals surface area contributed by atoms with E-state index < -0.39 is 0 Å². The molecule has 0 unspecified atom stereocenters. The van der Waals surface area contributed by atoms with E-state index in [1.54, 1.807) is 0 Å². The fraction of sp³-hybridized carbons (Fsp3) is 0.923. The van der Waals surface area contributed by atoms with Crippen LogP contribution >= 0.6 is 0 Å². The van der Waals surface area contributed by atoms with Crippen LogP contribution in [-0.2, 0) is 4.79 Å². The van der Waals surface area contributed by atoms with Gasteiger partial charge >= 0.3 is 0 Å². The summed E-state index contributed by atoms with van der Waals surface area (Å²) in [5.41, 5.74) is 5.69. The molecule has 0 aliphatic heterocycles. The van der Waals surface area contributed by atoms with E-state index in [0.29, 0.717) is 6.54 Å². The van der Waals surface area contributed by atoms with Gasteiger partial charge in [0.25, 0.3) is 0 Å². The number of nitrogens with two attached hydrogens (primary N) is 1. The zero-order valence-electron chi connectivity index (χ0n) is 10.7. The Kier molecular flexibility index (Phi) is 5.26. The first kappa shape index (κ1) is 13.5. The van der Waals surface area contributed by atoms with Crippen molar-refractivity contribution in [2.45, 2.75) is 64.3 Å². The molecule has 1 aliphatic rings. The van der Waals surface area contributed by atoms with Gasteiger partial charge in [-0.3, -0.25) is 4.79 Å². The molecule has 0 saturated heterocycles. The van der Waals surface area contributed by atoms with E-state index >= 15 is 0 Å². The molecule has 1 aliphatic carbocycles. The molecule has 16 heavy (non-hydrogen) atoms. The predicted molar refractivity (Wildman–Crippen MR) is 67.1 cm³/mol. The van der Waals surface area contributed by atoms with Crippen molar-refractivity contribution in [3.8, 4) is 0 Å². The van der Waals surface area contributed by atoms with Crippen LogP contribution in [0.15, 0.2) is 0 Å². The lowest BCUT2D eigenvalue weighted by atomic mass is 9.76. The quantitative estimate of drug-likeness (QED) is 0.699. The molecule has 3 N–H and O–H groups in total. The summed E-state index contributed by atoms with van der Waals surface area (Å²) in [7, 11) is 0. The molecule has 1 amide bonds. The van der Waals surface area contributed by atoms with Crippen molar-refractivity contribution >= 4 is 5.91 Å². The first-order chi connectivity index (χ1) is 7.67. The molecule has 1 fully saturated rings. The summed E-state index contributed by atoms with van der Waals surface area (Å²) < 4.78 is 0. The van der Waals surface area contributed by atoms with E-state index in [1.807, 2.05) is 0 Å². The average molecular weight is 226 g/mol. The molecule has 0 aromatic rings. The van der Waals surface area contributed by atoms with E-state index in [0.717, 1.165) is 38.5 Å². The first-order valence-corrected chi connectivity index (χ1v) is 6.69. The molecule has 94 valence electrons. The summed E-state index contributed by atoms with van der Waals surface area (Å²) in [6.45, 7) is 4.86. The highest BCUT2D eigenvalue weighted by molar-refractivity contribution is 5.79. The molecule has 0 bridgehead atoms. The minimum atomic E-state index is -0.0587. The molecule has 0 radical (unpaired) electrons. The Balaban J connectivity index is 2.47. The molecule has 3 nitrogen and oxygen atoms in total. The molecule has 1 rings (SSSR count). The van der Waals surface area contributed by atoms with E-state index in [4.69, 9.17) is 5.73 Å². The van der Waals surface area contributed by atoms with Gasteiger partial charge in [0, 0.05) is 12.5 Å². The van der Waals surface area contributed by atoms with Crippen molar-refractivity contribution < 1.29 is 4.79 Å². The fourth-order valence-corrected chi connectivity index (χ4v) is 2.45. The zero-order valence-corrected chi connectivity index (χ0v) is 10.7. The van der Waals surface area contributed by atoms with E-state index in [9.17, 15) is 4.79 Å². The van der Waals surface area contributed by atoms with Gasteiger partial charge in [-0.1, -0.05) is 26.7 Å². The third-order valence-electron chi connectivity index (χ3n) is 3.73. The summed E-state index contributed by atoms with van der Waals surface area (Å²) in [4.78, 5) is 12.1. The number of amides is 1. The minimum absolute atomic E-state index is 0.0587. The van der Waals surface area contributed by atoms with Gasteiger partial charge in [0.05, 0.1) is 5.54 Å². The van der Waals surface area contributed by atoms with Crippen molar-refractivity contribution in [2.75, 3.05) is 6.54 Å². The predicted octanol–water partition coefficient (Wildman–Crippen LogP) is 2.20. The molecule has 0 heterocycles. The molecular formula is C13H26N2O. The summed E-state index contributed by atoms with van der Waals surface area (Å²) in [5, 5.41) is 3.19. The van der Waals surface area contributed by atoms with Crippen LogP contribution in [0.2, 0.25) is 0 Å². The van der Waals surface area contributed by atoms with E-state index in [1.165, 1.54) is 6.42 Å². The Labute approximate surface area is 99.2 Å². The van der Waals surface area contributed by atoms with Gasteiger partial charge in [0.2, 0.25) is 5.91 Å². The van der Waals surface area contributed by atoms with Crippen molar-refractivity contribution in [1.82, 2.24) is 5.32 Å². The van der Waals surface area contributed by atoms with Crippen LogP contribution in [0.5, 0.6) is 0 Å². The third-order valence-corrected chi connectivity index (χ3v) is 3.73. The highest BCUT2D eigenvalue weighted by Gasteiger charge is 2.37. The fourth-order valence-electron chi connectivity index (χ4n) is 2.45. The molecule has 0 spiro atoms. The number of rotatable bonds is 7. The highest BCUT2D eigenvalue weighted by Crippen LogP contribution is 2.31. The van der Waals surface area contributed by atoms with Crippen LogP contribution in [0.1, 0.15) is 58.8 Å². The van der Waals surface area contributed by atoms with Gasteiger partial charge in [-0.05, 0) is 32.1 Å². The van der Waals surface area contributed by atoms with Gasteiger partial charge in [-0.2, -0.15) is 0 Å². The second-order valence-electron chi connectivity index (χ2n) is 5.10. The molecule has 0 atom stereocenters. The van der Waals surface area contributed by atoms with Gasteiger partial charge in [-0.15, -0.1) is 0 Å². The van der Waals surface area contributed by atoms with Crippen LogP contribution < -0.4 is 11.1 Å². The maximum Gasteiger partial charge on any atom is 0.223 e. The standard InChI is InChI=1S/C13H26N2O/c1-3-6-11(7-4-2)12(16)15-13(10-14)8-5-9-13/h11H,3-10,14H2,1-2H3,(H,15,16). The van der Waals surface area contributed by atoms with E-state index in [-0.39, 0.29) is 17.4 Å². The second kappa shape index (κ2) is 6.24. The maximum absolute atomic E-state index is 12.1. The number of nitrogens with one attached hydrogen (secondary N) is 1. The Morgan fingerprint density at radius 1 is 1.31 bits per heavy atom. The van der Waals surface area contributed by atoms with Gasteiger partial charge in [-0.25, -0.2) is 0 Å². The van der Waals surface area contributed by atoms with Crippen LogP contribution in [-0.4, -0.2) is 18.0 Å². The summed E-state index contributed by atoms with van der Waals surface area (Å²) >= 11 is 0. The molecular weight excluding hydrogens is 200 g/mol. The van der Waals surface area contributed by atoms with Crippen LogP contribution in [0.3, 0.4) is 0 Å². The number of hydrogen-bond donors (Lipinski definition) is 2. The van der Waals surface area contributed by atoms with Gasteiger partial charge in [0.1, 0.15) is 0 Å². The molecule has 0 aromatic heterocycles. The topological polar surface area (TPSA) is 55.1 Å². The van der Waals surface area contributed by atoms with Crippen molar-refractivity contribution in [3.63, 3.8) is 0 Å². The summed E-state index contributed by atoms with van der Waals surface area (Å²) in [6, 6.07) is 0. The summed E-state index contributed by atoms with van der Waals surface area (Å²) in [5.74, 6) is 0.424. The van der Waals surface area contributed by atoms with Crippen LogP contribution in [0, 0.1) is 5.92 Å². The normalized spacial score (nSPS) is 18.2. The Hall–Kier alpha value is -0.570. The third kappa shape index (κ3) is 3.21.